The first-order valence-electron chi connectivity index (χ1n) is 5.96. The van der Waals surface area contributed by atoms with E-state index in [0.717, 1.165) is 0 Å². The van der Waals surface area contributed by atoms with E-state index in [0.29, 0.717) is 26.2 Å². The fourth-order valence-electron chi connectivity index (χ4n) is 1.97. The van der Waals surface area contributed by atoms with Crippen LogP contribution in [-0.4, -0.2) is 72.7 Å². The maximum atomic E-state index is 11.9. The van der Waals surface area contributed by atoms with E-state index in [1.165, 1.54) is 4.31 Å². The van der Waals surface area contributed by atoms with Crippen LogP contribution in [0.5, 0.6) is 0 Å². The monoisotopic (exact) mass is 279 g/mol. The minimum absolute atomic E-state index is 0.0340. The third-order valence-corrected chi connectivity index (χ3v) is 5.45. The summed E-state index contributed by atoms with van der Waals surface area (Å²) in [5.74, 6) is -0.960. The van der Waals surface area contributed by atoms with E-state index in [1.807, 2.05) is 0 Å². The molecule has 1 fully saturated rings. The Kier molecular flexibility index (Phi) is 5.09. The van der Waals surface area contributed by atoms with E-state index in [9.17, 15) is 13.2 Å². The number of carboxylic acids is 1. The molecule has 8 heteroatoms. The van der Waals surface area contributed by atoms with Gasteiger partial charge in [0.25, 0.3) is 0 Å². The number of piperazine rings is 1. The number of aliphatic carboxylic acids is 1. The summed E-state index contributed by atoms with van der Waals surface area (Å²) in [4.78, 5) is 12.7. The van der Waals surface area contributed by atoms with Crippen molar-refractivity contribution in [2.24, 2.45) is 5.73 Å². The number of hydrogen-bond donors (Lipinski definition) is 2. The van der Waals surface area contributed by atoms with Gasteiger partial charge in [0, 0.05) is 32.7 Å². The first-order valence-corrected chi connectivity index (χ1v) is 7.47. The summed E-state index contributed by atoms with van der Waals surface area (Å²) >= 11 is 0. The highest BCUT2D eigenvalue weighted by Crippen LogP contribution is 2.13. The Labute approximate surface area is 108 Å². The van der Waals surface area contributed by atoms with Crippen LogP contribution in [0.25, 0.3) is 0 Å². The molecule has 1 heterocycles. The van der Waals surface area contributed by atoms with Gasteiger partial charge in [-0.05, 0) is 13.8 Å². The van der Waals surface area contributed by atoms with Gasteiger partial charge in [0.1, 0.15) is 6.04 Å². The van der Waals surface area contributed by atoms with Gasteiger partial charge in [-0.2, -0.15) is 4.31 Å². The molecule has 0 aromatic carbocycles. The number of nitrogens with zero attached hydrogens (tertiary/aromatic N) is 2. The third kappa shape index (κ3) is 3.19. The van der Waals surface area contributed by atoms with E-state index in [1.54, 1.807) is 18.7 Å². The van der Waals surface area contributed by atoms with Gasteiger partial charge >= 0.3 is 5.97 Å². The topological polar surface area (TPSA) is 104 Å². The summed E-state index contributed by atoms with van der Waals surface area (Å²) in [6.07, 6.45) is 0. The molecule has 1 saturated heterocycles. The smallest absolute Gasteiger partial charge is 0.322 e. The van der Waals surface area contributed by atoms with Crippen LogP contribution >= 0.6 is 0 Å². The predicted molar refractivity (Wildman–Crippen MR) is 67.7 cm³/mol. The zero-order chi connectivity index (χ0) is 13.9. The molecule has 0 aromatic rings. The first kappa shape index (κ1) is 15.4. The predicted octanol–water partition coefficient (Wildman–Crippen LogP) is -1.25. The van der Waals surface area contributed by atoms with Crippen LogP contribution in [0.2, 0.25) is 0 Å². The number of hydrogen-bond acceptors (Lipinski definition) is 5. The molecule has 0 radical (unpaired) electrons. The van der Waals surface area contributed by atoms with Gasteiger partial charge in [-0.1, -0.05) is 0 Å². The second kappa shape index (κ2) is 5.96. The number of nitrogens with two attached hydrogens (primary N) is 1. The molecule has 1 atom stereocenters. The van der Waals surface area contributed by atoms with E-state index >= 15 is 0 Å². The van der Waals surface area contributed by atoms with Crippen molar-refractivity contribution in [3.8, 4) is 0 Å². The zero-order valence-corrected chi connectivity index (χ0v) is 11.6. The van der Waals surface area contributed by atoms with Crippen molar-refractivity contribution in [3.63, 3.8) is 0 Å². The summed E-state index contributed by atoms with van der Waals surface area (Å²) < 4.78 is 25.3. The van der Waals surface area contributed by atoms with Crippen LogP contribution < -0.4 is 5.73 Å². The van der Waals surface area contributed by atoms with Crippen molar-refractivity contribution in [1.29, 1.82) is 0 Å². The standard InChI is InChI=1S/C10H21N3O4S/c1-8(2)18(16,17)13-5-3-12(4-6-13)9(7-11)10(14)15/h8-9H,3-7,11H2,1-2H3,(H,14,15)/t9-/m0/s1. The lowest BCUT2D eigenvalue weighted by Crippen LogP contribution is -2.56. The lowest BCUT2D eigenvalue weighted by Gasteiger charge is -2.37. The summed E-state index contributed by atoms with van der Waals surface area (Å²) in [7, 11) is -3.25. The quantitative estimate of drug-likeness (QED) is 0.652. The maximum Gasteiger partial charge on any atom is 0.322 e. The Morgan fingerprint density at radius 3 is 2.11 bits per heavy atom. The van der Waals surface area contributed by atoms with Crippen molar-refractivity contribution in [3.05, 3.63) is 0 Å². The summed E-state index contributed by atoms with van der Waals surface area (Å²) in [5, 5.41) is 8.54. The highest BCUT2D eigenvalue weighted by Gasteiger charge is 2.33. The normalized spacial score (nSPS) is 21.1. The molecule has 0 saturated carbocycles. The van der Waals surface area contributed by atoms with Crippen LogP contribution in [0, 0.1) is 0 Å². The average molecular weight is 279 g/mol. The largest absolute Gasteiger partial charge is 0.480 e. The highest BCUT2D eigenvalue weighted by molar-refractivity contribution is 7.89. The van der Waals surface area contributed by atoms with Crippen LogP contribution in [0.4, 0.5) is 0 Å². The molecule has 7 nitrogen and oxygen atoms in total. The molecular weight excluding hydrogens is 258 g/mol. The molecule has 1 rings (SSSR count). The SMILES string of the molecule is CC(C)S(=O)(=O)N1CCN([C@@H](CN)C(=O)O)CC1. The average Bonchev–Trinajstić information content (AvgIpc) is 2.30. The summed E-state index contributed by atoms with van der Waals surface area (Å²) in [6, 6.07) is -0.728. The van der Waals surface area contributed by atoms with Crippen molar-refractivity contribution < 1.29 is 18.3 Å². The molecular formula is C10H21N3O4S. The molecule has 3 N–H and O–H groups in total. The minimum atomic E-state index is -3.25. The number of carboxylic acid groups (broad SMARTS) is 1. The Morgan fingerprint density at radius 1 is 1.28 bits per heavy atom. The number of sulfonamides is 1. The minimum Gasteiger partial charge on any atom is -0.480 e. The Morgan fingerprint density at radius 2 is 1.78 bits per heavy atom. The molecule has 0 amide bonds. The number of rotatable bonds is 5. The Balaban J connectivity index is 2.64. The second-order valence-electron chi connectivity index (χ2n) is 4.62. The molecule has 1 aliphatic rings. The van der Waals surface area contributed by atoms with Gasteiger partial charge in [0.2, 0.25) is 10.0 Å². The second-order valence-corrected chi connectivity index (χ2v) is 7.11. The molecule has 0 bridgehead atoms. The van der Waals surface area contributed by atoms with Crippen LogP contribution in [-0.2, 0) is 14.8 Å². The first-order chi connectivity index (χ1) is 8.30. The van der Waals surface area contributed by atoms with Gasteiger partial charge in [0.05, 0.1) is 5.25 Å². The molecule has 0 unspecified atom stereocenters. The van der Waals surface area contributed by atoms with E-state index in [4.69, 9.17) is 10.8 Å². The Bertz CT molecular complexity index is 388. The van der Waals surface area contributed by atoms with Gasteiger partial charge in [-0.3, -0.25) is 9.69 Å². The zero-order valence-electron chi connectivity index (χ0n) is 10.7. The molecule has 106 valence electrons. The van der Waals surface area contributed by atoms with E-state index in [2.05, 4.69) is 0 Å². The van der Waals surface area contributed by atoms with Crippen molar-refractivity contribution >= 4 is 16.0 Å². The van der Waals surface area contributed by atoms with Crippen LogP contribution in [0.15, 0.2) is 0 Å². The molecule has 18 heavy (non-hydrogen) atoms. The summed E-state index contributed by atoms with van der Waals surface area (Å²) in [5.41, 5.74) is 5.42. The van der Waals surface area contributed by atoms with Crippen molar-refractivity contribution in [1.82, 2.24) is 9.21 Å². The van der Waals surface area contributed by atoms with Crippen LogP contribution in [0.1, 0.15) is 13.8 Å². The molecule has 0 aromatic heterocycles. The van der Waals surface area contributed by atoms with Gasteiger partial charge in [0.15, 0.2) is 0 Å². The van der Waals surface area contributed by atoms with Gasteiger partial charge < -0.3 is 10.8 Å². The Hall–Kier alpha value is -0.700. The molecule has 1 aliphatic heterocycles. The molecule has 0 spiro atoms. The molecule has 0 aliphatic carbocycles. The lowest BCUT2D eigenvalue weighted by molar-refractivity contribution is -0.143. The summed E-state index contributed by atoms with van der Waals surface area (Å²) in [6.45, 7) is 4.77. The highest BCUT2D eigenvalue weighted by atomic mass is 32.2. The van der Waals surface area contributed by atoms with E-state index in [-0.39, 0.29) is 6.54 Å². The fraction of sp³-hybridized carbons (Fsp3) is 0.900. The van der Waals surface area contributed by atoms with Crippen LogP contribution in [0.3, 0.4) is 0 Å². The van der Waals surface area contributed by atoms with Crippen molar-refractivity contribution in [2.75, 3.05) is 32.7 Å². The van der Waals surface area contributed by atoms with Crippen molar-refractivity contribution in [2.45, 2.75) is 25.1 Å². The maximum absolute atomic E-state index is 11.9. The fourth-order valence-corrected chi connectivity index (χ4v) is 3.24. The van der Waals surface area contributed by atoms with E-state index < -0.39 is 27.3 Å². The van der Waals surface area contributed by atoms with Gasteiger partial charge in [-0.25, -0.2) is 8.42 Å². The lowest BCUT2D eigenvalue weighted by atomic mass is 10.2. The third-order valence-electron chi connectivity index (χ3n) is 3.18. The number of carbonyl (C=O) groups is 1. The van der Waals surface area contributed by atoms with Gasteiger partial charge in [-0.15, -0.1) is 0 Å².